The number of aromatic nitrogens is 3. The highest BCUT2D eigenvalue weighted by Gasteiger charge is 2.09. The number of hydrogen-bond donors (Lipinski definition) is 1. The Morgan fingerprint density at radius 2 is 1.67 bits per heavy atom. The molecule has 3 aromatic rings. The molecule has 1 heterocycles. The van der Waals surface area contributed by atoms with E-state index in [4.69, 9.17) is 0 Å². The summed E-state index contributed by atoms with van der Waals surface area (Å²) in [7, 11) is 5.64. The minimum atomic E-state index is 0.567. The van der Waals surface area contributed by atoms with Crippen LogP contribution in [0.25, 0.3) is 22.2 Å². The van der Waals surface area contributed by atoms with E-state index < -0.39 is 0 Å². The van der Waals surface area contributed by atoms with Gasteiger partial charge in [0, 0.05) is 26.7 Å². The molecule has 0 bridgehead atoms. The quantitative estimate of drug-likeness (QED) is 0.799. The minimum Gasteiger partial charge on any atom is -0.357 e. The second-order valence-corrected chi connectivity index (χ2v) is 4.99. The molecule has 106 valence electrons. The third-order valence-electron chi connectivity index (χ3n) is 3.25. The summed E-state index contributed by atoms with van der Waals surface area (Å²) in [6.07, 6.45) is 0. The van der Waals surface area contributed by atoms with Crippen molar-refractivity contribution < 1.29 is 0 Å². The maximum atomic E-state index is 4.52. The highest BCUT2D eigenvalue weighted by molar-refractivity contribution is 5.86. The predicted octanol–water partition coefficient (Wildman–Crippen LogP) is 2.80. The first kappa shape index (κ1) is 13.3. The molecule has 0 saturated heterocycles. The monoisotopic (exact) mass is 279 g/mol. The average molecular weight is 279 g/mol. The minimum absolute atomic E-state index is 0.567. The van der Waals surface area contributed by atoms with Gasteiger partial charge in [0.25, 0.3) is 0 Å². The molecule has 2 aromatic carbocycles. The van der Waals surface area contributed by atoms with Crippen LogP contribution in [0.1, 0.15) is 0 Å². The van der Waals surface area contributed by atoms with Gasteiger partial charge in [-0.15, -0.1) is 0 Å². The van der Waals surface area contributed by atoms with Crippen molar-refractivity contribution in [2.75, 3.05) is 31.4 Å². The molecular weight excluding hydrogens is 262 g/mol. The fourth-order valence-electron chi connectivity index (χ4n) is 2.13. The first-order valence-corrected chi connectivity index (χ1v) is 6.78. The molecule has 0 aliphatic carbocycles. The largest absolute Gasteiger partial charge is 0.357 e. The molecule has 0 aliphatic heterocycles. The number of rotatable bonds is 3. The number of nitrogens with one attached hydrogen (secondary N) is 1. The summed E-state index contributed by atoms with van der Waals surface area (Å²) in [5, 5.41) is 5.36. The van der Waals surface area contributed by atoms with Crippen LogP contribution in [0.2, 0.25) is 0 Å². The number of nitrogens with zero attached hydrogens (tertiary/aromatic N) is 4. The Bertz CT molecular complexity index is 782. The van der Waals surface area contributed by atoms with E-state index in [-0.39, 0.29) is 0 Å². The molecule has 0 radical (unpaired) electrons. The van der Waals surface area contributed by atoms with E-state index in [0.29, 0.717) is 17.7 Å². The Morgan fingerprint density at radius 1 is 0.905 bits per heavy atom. The van der Waals surface area contributed by atoms with Crippen LogP contribution in [-0.4, -0.2) is 36.1 Å². The van der Waals surface area contributed by atoms with Crippen molar-refractivity contribution in [2.45, 2.75) is 0 Å². The molecule has 1 aromatic heterocycles. The van der Waals surface area contributed by atoms with Crippen molar-refractivity contribution in [3.8, 4) is 11.4 Å². The molecule has 0 atom stereocenters. The summed E-state index contributed by atoms with van der Waals surface area (Å²) < 4.78 is 0. The van der Waals surface area contributed by atoms with E-state index in [2.05, 4.69) is 44.5 Å². The topological polar surface area (TPSA) is 53.9 Å². The van der Waals surface area contributed by atoms with Crippen molar-refractivity contribution in [3.05, 3.63) is 42.5 Å². The Morgan fingerprint density at radius 3 is 2.38 bits per heavy atom. The van der Waals surface area contributed by atoms with Crippen LogP contribution in [0.5, 0.6) is 0 Å². The molecule has 0 amide bonds. The number of hydrogen-bond acceptors (Lipinski definition) is 5. The van der Waals surface area contributed by atoms with E-state index in [0.717, 1.165) is 5.56 Å². The van der Waals surface area contributed by atoms with Gasteiger partial charge in [-0.3, -0.25) is 0 Å². The molecule has 0 unspecified atom stereocenters. The molecule has 0 saturated carbocycles. The smallest absolute Gasteiger partial charge is 0.230 e. The maximum Gasteiger partial charge on any atom is 0.230 e. The van der Waals surface area contributed by atoms with Crippen LogP contribution in [0.3, 0.4) is 0 Å². The van der Waals surface area contributed by atoms with E-state index in [1.54, 1.807) is 7.05 Å². The van der Waals surface area contributed by atoms with Gasteiger partial charge in [-0.25, -0.2) is 0 Å². The molecule has 1 N–H and O–H groups in total. The molecule has 5 heteroatoms. The van der Waals surface area contributed by atoms with Crippen LogP contribution in [0.4, 0.5) is 11.9 Å². The first-order chi connectivity index (χ1) is 10.2. The average Bonchev–Trinajstić information content (AvgIpc) is 2.53. The van der Waals surface area contributed by atoms with Crippen molar-refractivity contribution in [1.82, 2.24) is 15.0 Å². The predicted molar refractivity (Wildman–Crippen MR) is 86.6 cm³/mol. The summed E-state index contributed by atoms with van der Waals surface area (Å²) in [6, 6.07) is 14.5. The summed E-state index contributed by atoms with van der Waals surface area (Å²) in [5.41, 5.74) is 0.982. The fourth-order valence-corrected chi connectivity index (χ4v) is 2.13. The van der Waals surface area contributed by atoms with Gasteiger partial charge in [0.2, 0.25) is 11.9 Å². The number of benzene rings is 2. The zero-order chi connectivity index (χ0) is 14.8. The lowest BCUT2D eigenvalue weighted by molar-refractivity contribution is 0.964. The second kappa shape index (κ2) is 5.36. The molecule has 5 nitrogen and oxygen atoms in total. The molecule has 21 heavy (non-hydrogen) atoms. The second-order valence-electron chi connectivity index (χ2n) is 4.99. The fraction of sp³-hybridized carbons (Fsp3) is 0.188. The Hall–Kier alpha value is -2.69. The summed E-state index contributed by atoms with van der Waals surface area (Å²) in [4.78, 5) is 15.2. The van der Waals surface area contributed by atoms with Crippen molar-refractivity contribution in [3.63, 3.8) is 0 Å². The Kier molecular flexibility index (Phi) is 3.39. The lowest BCUT2D eigenvalue weighted by Crippen LogP contribution is -2.15. The normalized spacial score (nSPS) is 10.6. The summed E-state index contributed by atoms with van der Waals surface area (Å²) in [6.45, 7) is 0. The van der Waals surface area contributed by atoms with Gasteiger partial charge in [0.05, 0.1) is 0 Å². The highest BCUT2D eigenvalue weighted by Crippen LogP contribution is 2.23. The molecule has 0 aliphatic rings. The van der Waals surface area contributed by atoms with Gasteiger partial charge >= 0.3 is 0 Å². The lowest BCUT2D eigenvalue weighted by atomic mass is 10.1. The first-order valence-electron chi connectivity index (χ1n) is 6.78. The van der Waals surface area contributed by atoms with E-state index in [1.165, 1.54) is 10.8 Å². The van der Waals surface area contributed by atoms with Crippen LogP contribution >= 0.6 is 0 Å². The molecule has 0 fully saturated rings. The van der Waals surface area contributed by atoms with Crippen LogP contribution in [-0.2, 0) is 0 Å². The van der Waals surface area contributed by atoms with Gasteiger partial charge in [-0.2, -0.15) is 15.0 Å². The third kappa shape index (κ3) is 2.63. The van der Waals surface area contributed by atoms with Crippen molar-refractivity contribution in [2.24, 2.45) is 0 Å². The number of anilines is 2. The van der Waals surface area contributed by atoms with E-state index in [9.17, 15) is 0 Å². The van der Waals surface area contributed by atoms with E-state index >= 15 is 0 Å². The zero-order valence-electron chi connectivity index (χ0n) is 12.3. The van der Waals surface area contributed by atoms with E-state index in [1.807, 2.05) is 37.2 Å². The SMILES string of the molecule is CNc1nc(-c2ccc3ccccc3c2)nc(N(C)C)n1. The van der Waals surface area contributed by atoms with Crippen LogP contribution in [0, 0.1) is 0 Å². The summed E-state index contributed by atoms with van der Waals surface area (Å²) in [5.74, 6) is 1.87. The van der Waals surface area contributed by atoms with Crippen LogP contribution in [0.15, 0.2) is 42.5 Å². The van der Waals surface area contributed by atoms with Gasteiger partial charge in [-0.1, -0.05) is 36.4 Å². The van der Waals surface area contributed by atoms with Gasteiger partial charge in [-0.05, 0) is 16.8 Å². The zero-order valence-corrected chi connectivity index (χ0v) is 12.3. The lowest BCUT2D eigenvalue weighted by Gasteiger charge is -2.12. The third-order valence-corrected chi connectivity index (χ3v) is 3.25. The Balaban J connectivity index is 2.14. The standard InChI is InChI=1S/C16H17N5/c1-17-15-18-14(19-16(20-15)21(2)3)13-9-8-11-6-4-5-7-12(11)10-13/h4-10H,1-3H3,(H,17,18,19,20). The summed E-state index contributed by atoms with van der Waals surface area (Å²) >= 11 is 0. The highest BCUT2D eigenvalue weighted by atomic mass is 15.3. The maximum absolute atomic E-state index is 4.52. The van der Waals surface area contributed by atoms with Crippen molar-refractivity contribution in [1.29, 1.82) is 0 Å². The molecule has 0 spiro atoms. The molecule has 3 rings (SSSR count). The van der Waals surface area contributed by atoms with Crippen LogP contribution < -0.4 is 10.2 Å². The number of fused-ring (bicyclic) bond motifs is 1. The van der Waals surface area contributed by atoms with Gasteiger partial charge in [0.15, 0.2) is 5.82 Å². The van der Waals surface area contributed by atoms with Gasteiger partial charge in [0.1, 0.15) is 0 Å². The molecular formula is C16H17N5. The van der Waals surface area contributed by atoms with Gasteiger partial charge < -0.3 is 10.2 Å². The van der Waals surface area contributed by atoms with Crippen molar-refractivity contribution >= 4 is 22.7 Å². The Labute approximate surface area is 123 Å².